The Balaban J connectivity index is 1.00. The summed E-state index contributed by atoms with van der Waals surface area (Å²) in [5.74, 6) is 1.78. The van der Waals surface area contributed by atoms with Crippen LogP contribution >= 0.6 is 0 Å². The van der Waals surface area contributed by atoms with Gasteiger partial charge in [-0.25, -0.2) is 15.0 Å². The molecule has 0 bridgehead atoms. The van der Waals surface area contributed by atoms with Crippen LogP contribution in [-0.2, 0) is 6.42 Å². The lowest BCUT2D eigenvalue weighted by Gasteiger charge is -2.15. The van der Waals surface area contributed by atoms with Gasteiger partial charge in [0.1, 0.15) is 5.82 Å². The molecule has 0 radical (unpaired) electrons. The Labute approximate surface area is 332 Å². The van der Waals surface area contributed by atoms with Gasteiger partial charge in [-0.2, -0.15) is 0 Å². The first-order valence-electron chi connectivity index (χ1n) is 19.5. The number of hydrogen-bond acceptors (Lipinski definition) is 3. The summed E-state index contributed by atoms with van der Waals surface area (Å²) in [5, 5.41) is 2.38. The number of nitrogens with zero attached hydrogens (tertiary/aromatic N) is 4. The van der Waals surface area contributed by atoms with E-state index in [4.69, 9.17) is 15.0 Å². The van der Waals surface area contributed by atoms with E-state index in [2.05, 4.69) is 181 Å². The monoisotopic (exact) mass is 730 g/mol. The van der Waals surface area contributed by atoms with E-state index >= 15 is 0 Å². The summed E-state index contributed by atoms with van der Waals surface area (Å²) in [4.78, 5) is 15.1. The lowest BCUT2D eigenvalue weighted by Crippen LogP contribution is -1.99. The quantitative estimate of drug-likeness (QED) is 0.156. The molecule has 0 aliphatic carbocycles. The van der Waals surface area contributed by atoms with E-state index < -0.39 is 0 Å². The molecule has 0 aliphatic heterocycles. The van der Waals surface area contributed by atoms with Gasteiger partial charge in [0.05, 0.1) is 22.4 Å². The van der Waals surface area contributed by atoms with Crippen molar-refractivity contribution in [3.05, 3.63) is 206 Å². The molecule has 0 fully saturated rings. The Morgan fingerprint density at radius 3 is 1.79 bits per heavy atom. The third-order valence-corrected chi connectivity index (χ3v) is 10.8. The summed E-state index contributed by atoms with van der Waals surface area (Å²) in [6.45, 7) is 2.16. The summed E-state index contributed by atoms with van der Waals surface area (Å²) >= 11 is 0. The average molecular weight is 731 g/mol. The van der Waals surface area contributed by atoms with Crippen molar-refractivity contribution in [1.82, 2.24) is 19.5 Å². The van der Waals surface area contributed by atoms with E-state index in [0.29, 0.717) is 5.82 Å². The van der Waals surface area contributed by atoms with Crippen molar-refractivity contribution in [2.24, 2.45) is 0 Å². The van der Waals surface area contributed by atoms with E-state index in [9.17, 15) is 0 Å². The topological polar surface area (TPSA) is 43.6 Å². The van der Waals surface area contributed by atoms with E-state index in [1.165, 1.54) is 38.6 Å². The van der Waals surface area contributed by atoms with Crippen LogP contribution in [0.4, 0.5) is 0 Å². The first kappa shape index (κ1) is 34.1. The highest BCUT2D eigenvalue weighted by atomic mass is 15.1. The van der Waals surface area contributed by atoms with Crippen LogP contribution in [0.5, 0.6) is 0 Å². The van der Waals surface area contributed by atoms with Gasteiger partial charge in [0.25, 0.3) is 0 Å². The fourth-order valence-corrected chi connectivity index (χ4v) is 7.98. The number of para-hydroxylation sites is 2. The molecule has 0 amide bonds. The van der Waals surface area contributed by atoms with Crippen molar-refractivity contribution < 1.29 is 0 Å². The van der Waals surface area contributed by atoms with Crippen LogP contribution in [-0.4, -0.2) is 19.5 Å². The molecule has 0 aliphatic rings. The maximum absolute atomic E-state index is 5.17. The van der Waals surface area contributed by atoms with E-state index in [-0.39, 0.29) is 0 Å². The van der Waals surface area contributed by atoms with Crippen LogP contribution in [0.2, 0.25) is 0 Å². The van der Waals surface area contributed by atoms with E-state index in [1.54, 1.807) is 0 Å². The first-order valence-corrected chi connectivity index (χ1v) is 19.5. The molecular weight excluding hydrogens is 693 g/mol. The molecule has 0 saturated heterocycles. The van der Waals surface area contributed by atoms with Gasteiger partial charge >= 0.3 is 0 Å². The lowest BCUT2D eigenvalue weighted by atomic mass is 9.91. The van der Waals surface area contributed by atoms with Crippen molar-refractivity contribution in [2.45, 2.75) is 13.3 Å². The lowest BCUT2D eigenvalue weighted by molar-refractivity contribution is 0.908. The zero-order chi connectivity index (χ0) is 38.1. The highest BCUT2D eigenvalue weighted by molar-refractivity contribution is 6.02. The van der Waals surface area contributed by atoms with Crippen LogP contribution in [0.15, 0.2) is 200 Å². The molecule has 0 N–H and O–H groups in total. The van der Waals surface area contributed by atoms with Gasteiger partial charge in [0, 0.05) is 28.8 Å². The van der Waals surface area contributed by atoms with Gasteiger partial charge in [0.2, 0.25) is 0 Å². The minimum Gasteiger partial charge on any atom is -0.296 e. The molecule has 0 atom stereocenters. The van der Waals surface area contributed by atoms with Crippen molar-refractivity contribution in [1.29, 1.82) is 0 Å². The third kappa shape index (κ3) is 6.47. The van der Waals surface area contributed by atoms with Crippen molar-refractivity contribution in [3.8, 4) is 73.0 Å². The van der Waals surface area contributed by atoms with E-state index in [1.807, 2.05) is 30.3 Å². The van der Waals surface area contributed by atoms with Gasteiger partial charge < -0.3 is 0 Å². The normalized spacial score (nSPS) is 11.3. The predicted molar refractivity (Wildman–Crippen MR) is 236 cm³/mol. The molecule has 4 heteroatoms. The zero-order valence-electron chi connectivity index (χ0n) is 31.5. The first-order chi connectivity index (χ1) is 28.2. The molecule has 4 nitrogen and oxygen atoms in total. The summed E-state index contributed by atoms with van der Waals surface area (Å²) in [7, 11) is 0. The largest absolute Gasteiger partial charge is 0.296 e. The number of benzene rings is 8. The molecule has 10 aromatic rings. The predicted octanol–water partition coefficient (Wildman–Crippen LogP) is 13.5. The fraction of sp³-hybridized carbons (Fsp3) is 0.0377. The second-order valence-corrected chi connectivity index (χ2v) is 14.3. The number of aromatic nitrogens is 4. The molecule has 270 valence electrons. The second kappa shape index (κ2) is 14.7. The number of fused-ring (bicyclic) bond motifs is 2. The molecule has 0 spiro atoms. The van der Waals surface area contributed by atoms with Gasteiger partial charge in [-0.05, 0) is 86.6 Å². The molecular formula is C53H38N4. The van der Waals surface area contributed by atoms with Gasteiger partial charge in [-0.15, -0.1) is 0 Å². The van der Waals surface area contributed by atoms with Crippen LogP contribution in [0, 0.1) is 0 Å². The highest BCUT2D eigenvalue weighted by Gasteiger charge is 2.16. The van der Waals surface area contributed by atoms with E-state index in [0.717, 1.165) is 62.6 Å². The number of imidazole rings is 1. The maximum Gasteiger partial charge on any atom is 0.160 e. The average Bonchev–Trinajstić information content (AvgIpc) is 3.68. The highest BCUT2D eigenvalue weighted by Crippen LogP contribution is 2.39. The molecule has 2 aromatic heterocycles. The van der Waals surface area contributed by atoms with Crippen molar-refractivity contribution in [2.75, 3.05) is 0 Å². The summed E-state index contributed by atoms with van der Waals surface area (Å²) < 4.78 is 2.27. The Morgan fingerprint density at radius 1 is 0.404 bits per heavy atom. The van der Waals surface area contributed by atoms with Crippen molar-refractivity contribution >= 4 is 21.8 Å². The SMILES string of the molecule is CCc1nc2ccccc2n1-c1ccc(-c2cccc(-c3ccc4c(-c5ccccc5-c5cc(-c6ccccc6)nc(-c6ccccc6)n5)cccc4c3)c2)cc1. The van der Waals surface area contributed by atoms with Gasteiger partial charge in [-0.3, -0.25) is 4.57 Å². The Morgan fingerprint density at radius 2 is 1.00 bits per heavy atom. The third-order valence-electron chi connectivity index (χ3n) is 10.8. The zero-order valence-corrected chi connectivity index (χ0v) is 31.5. The molecule has 0 unspecified atom stereocenters. The van der Waals surface area contributed by atoms with Crippen LogP contribution in [0.1, 0.15) is 12.7 Å². The number of aryl methyl sites for hydroxylation is 1. The molecule has 8 aromatic carbocycles. The van der Waals surface area contributed by atoms with Gasteiger partial charge in [-0.1, -0.05) is 165 Å². The maximum atomic E-state index is 5.17. The standard InChI is InChI=1S/C53H38N4/c1-2-52-54-48-25-11-12-26-51(48)57(52)43-30-27-36(28-31-43)39-19-13-20-40(33-39)41-29-32-44-42(34-41)21-14-24-45(44)46-22-9-10-23-47(46)50-35-49(37-15-5-3-6-16-37)55-53(56-50)38-17-7-4-8-18-38/h3-35H,2H2,1H3. The smallest absolute Gasteiger partial charge is 0.160 e. The molecule has 0 saturated carbocycles. The summed E-state index contributed by atoms with van der Waals surface area (Å²) in [6.07, 6.45) is 0.866. The van der Waals surface area contributed by atoms with Crippen LogP contribution < -0.4 is 0 Å². The van der Waals surface area contributed by atoms with Crippen molar-refractivity contribution in [3.63, 3.8) is 0 Å². The molecule has 57 heavy (non-hydrogen) atoms. The van der Waals surface area contributed by atoms with Crippen LogP contribution in [0.3, 0.4) is 0 Å². The van der Waals surface area contributed by atoms with Gasteiger partial charge in [0.15, 0.2) is 5.82 Å². The minimum absolute atomic E-state index is 0.708. The Hall–Kier alpha value is -7.43. The number of hydrogen-bond donors (Lipinski definition) is 0. The molecule has 2 heterocycles. The fourth-order valence-electron chi connectivity index (χ4n) is 7.98. The summed E-state index contributed by atoms with van der Waals surface area (Å²) in [6, 6.07) is 70.7. The Kier molecular flexibility index (Phi) is 8.77. The second-order valence-electron chi connectivity index (χ2n) is 14.3. The number of rotatable bonds is 8. The summed E-state index contributed by atoms with van der Waals surface area (Å²) in [5.41, 5.74) is 15.2. The minimum atomic E-state index is 0.708. The van der Waals surface area contributed by atoms with Crippen LogP contribution in [0.25, 0.3) is 94.8 Å². The Bertz CT molecular complexity index is 2980. The molecule has 10 rings (SSSR count).